The van der Waals surface area contributed by atoms with Gasteiger partial charge in [0.15, 0.2) is 5.58 Å². The Morgan fingerprint density at radius 1 is 0.633 bits per heavy atom. The molecule has 2 heterocycles. The molecular formula is C28H23NO. The molecule has 0 aliphatic carbocycles. The van der Waals surface area contributed by atoms with E-state index in [9.17, 15) is 0 Å². The molecule has 4 aromatic carbocycles. The number of fused-ring (bicyclic) bond motifs is 7. The average Bonchev–Trinajstić information content (AvgIpc) is 3.29. The van der Waals surface area contributed by atoms with Crippen LogP contribution in [0.1, 0.15) is 26.3 Å². The van der Waals surface area contributed by atoms with Gasteiger partial charge < -0.3 is 8.98 Å². The maximum atomic E-state index is 6.41. The predicted molar refractivity (Wildman–Crippen MR) is 127 cm³/mol. The topological polar surface area (TPSA) is 18.1 Å². The van der Waals surface area contributed by atoms with E-state index in [2.05, 4.69) is 98.1 Å². The Morgan fingerprint density at radius 3 is 2.07 bits per heavy atom. The van der Waals surface area contributed by atoms with Gasteiger partial charge in [0.05, 0.1) is 11.0 Å². The Kier molecular flexibility index (Phi) is 3.47. The third-order valence-electron chi connectivity index (χ3n) is 6.17. The van der Waals surface area contributed by atoms with E-state index in [1.807, 2.05) is 12.1 Å². The van der Waals surface area contributed by atoms with E-state index in [1.54, 1.807) is 0 Å². The Bertz CT molecular complexity index is 1560. The highest BCUT2D eigenvalue weighted by atomic mass is 16.3. The summed E-state index contributed by atoms with van der Waals surface area (Å²) in [5, 5.41) is 4.79. The molecule has 0 bridgehead atoms. The van der Waals surface area contributed by atoms with Gasteiger partial charge in [0, 0.05) is 27.2 Å². The predicted octanol–water partition coefficient (Wildman–Crippen LogP) is 7.98. The lowest BCUT2D eigenvalue weighted by Crippen LogP contribution is -2.10. The zero-order valence-corrected chi connectivity index (χ0v) is 17.4. The number of rotatable bonds is 1. The van der Waals surface area contributed by atoms with Gasteiger partial charge in [0.25, 0.3) is 0 Å². The summed E-state index contributed by atoms with van der Waals surface area (Å²) in [5.74, 6) is 0. The smallest absolute Gasteiger partial charge is 0.160 e. The summed E-state index contributed by atoms with van der Waals surface area (Å²) >= 11 is 0. The summed E-state index contributed by atoms with van der Waals surface area (Å²) < 4.78 is 8.76. The normalized spacial score (nSPS) is 12.5. The minimum atomic E-state index is 0.130. The van der Waals surface area contributed by atoms with Crippen molar-refractivity contribution in [2.24, 2.45) is 0 Å². The van der Waals surface area contributed by atoms with Gasteiger partial charge >= 0.3 is 0 Å². The zero-order chi connectivity index (χ0) is 20.5. The SMILES string of the molecule is CC(C)(C)c1ccc(-n2c3ccccc3c3ccc4c5ccccc5oc4c32)cc1. The molecule has 2 aromatic heterocycles. The summed E-state index contributed by atoms with van der Waals surface area (Å²) in [5.41, 5.74) is 6.83. The van der Waals surface area contributed by atoms with Crippen molar-refractivity contribution in [3.8, 4) is 5.69 Å². The molecule has 0 atom stereocenters. The molecule has 0 saturated carbocycles. The minimum absolute atomic E-state index is 0.130. The largest absolute Gasteiger partial charge is 0.454 e. The number of furan rings is 1. The number of hydrogen-bond acceptors (Lipinski definition) is 1. The van der Waals surface area contributed by atoms with Crippen LogP contribution in [0.4, 0.5) is 0 Å². The first-order valence-electron chi connectivity index (χ1n) is 10.5. The van der Waals surface area contributed by atoms with Crippen LogP contribution in [0.2, 0.25) is 0 Å². The van der Waals surface area contributed by atoms with Gasteiger partial charge in [-0.3, -0.25) is 0 Å². The zero-order valence-electron chi connectivity index (χ0n) is 17.4. The molecule has 0 spiro atoms. The fraction of sp³-hybridized carbons (Fsp3) is 0.143. The highest BCUT2D eigenvalue weighted by molar-refractivity contribution is 6.21. The molecule has 6 rings (SSSR count). The molecule has 0 N–H and O–H groups in total. The second kappa shape index (κ2) is 5.99. The van der Waals surface area contributed by atoms with E-state index in [4.69, 9.17) is 4.42 Å². The molecule has 2 heteroatoms. The van der Waals surface area contributed by atoms with Gasteiger partial charge in [0.2, 0.25) is 0 Å². The molecule has 0 aliphatic heterocycles. The summed E-state index contributed by atoms with van der Waals surface area (Å²) in [6.45, 7) is 6.75. The second-order valence-corrected chi connectivity index (χ2v) is 9.09. The maximum absolute atomic E-state index is 6.41. The van der Waals surface area contributed by atoms with Crippen LogP contribution in [0, 0.1) is 0 Å². The van der Waals surface area contributed by atoms with Crippen molar-refractivity contribution in [1.29, 1.82) is 0 Å². The molecule has 146 valence electrons. The van der Waals surface area contributed by atoms with Crippen LogP contribution in [-0.2, 0) is 5.41 Å². The number of hydrogen-bond donors (Lipinski definition) is 0. The molecule has 0 radical (unpaired) electrons. The number of nitrogens with zero attached hydrogens (tertiary/aromatic N) is 1. The van der Waals surface area contributed by atoms with Crippen molar-refractivity contribution in [2.45, 2.75) is 26.2 Å². The Labute approximate surface area is 175 Å². The van der Waals surface area contributed by atoms with Crippen LogP contribution in [0.5, 0.6) is 0 Å². The monoisotopic (exact) mass is 389 g/mol. The molecule has 0 unspecified atom stereocenters. The summed E-state index contributed by atoms with van der Waals surface area (Å²) in [6.07, 6.45) is 0. The third kappa shape index (κ3) is 2.37. The van der Waals surface area contributed by atoms with E-state index >= 15 is 0 Å². The number of benzene rings is 4. The van der Waals surface area contributed by atoms with Gasteiger partial charge in [-0.1, -0.05) is 75.4 Å². The van der Waals surface area contributed by atoms with Crippen LogP contribution >= 0.6 is 0 Å². The summed E-state index contributed by atoms with van der Waals surface area (Å²) in [6, 6.07) is 30.3. The standard InChI is InChI=1S/C28H23NO/c1-28(2,3)18-12-14-19(15-13-18)29-24-10-6-4-8-20(24)22-16-17-23-21-9-5-7-11-25(21)30-27(23)26(22)29/h4-17H,1-3H3. The lowest BCUT2D eigenvalue weighted by molar-refractivity contribution is 0.590. The lowest BCUT2D eigenvalue weighted by atomic mass is 9.87. The van der Waals surface area contributed by atoms with Crippen LogP contribution in [0.15, 0.2) is 89.3 Å². The van der Waals surface area contributed by atoms with E-state index in [-0.39, 0.29) is 5.41 Å². The number of aromatic nitrogens is 1. The molecule has 2 nitrogen and oxygen atoms in total. The quantitative estimate of drug-likeness (QED) is 0.279. The van der Waals surface area contributed by atoms with E-state index in [0.29, 0.717) is 0 Å². The lowest BCUT2D eigenvalue weighted by Gasteiger charge is -2.19. The minimum Gasteiger partial charge on any atom is -0.454 e. The maximum Gasteiger partial charge on any atom is 0.160 e. The van der Waals surface area contributed by atoms with E-state index in [0.717, 1.165) is 33.1 Å². The van der Waals surface area contributed by atoms with Crippen molar-refractivity contribution in [1.82, 2.24) is 4.57 Å². The van der Waals surface area contributed by atoms with Crippen molar-refractivity contribution in [2.75, 3.05) is 0 Å². The Morgan fingerprint density at radius 2 is 1.30 bits per heavy atom. The number of para-hydroxylation sites is 2. The van der Waals surface area contributed by atoms with Gasteiger partial charge in [0.1, 0.15) is 5.58 Å². The third-order valence-corrected chi connectivity index (χ3v) is 6.17. The highest BCUT2D eigenvalue weighted by Crippen LogP contribution is 2.40. The van der Waals surface area contributed by atoms with Crippen molar-refractivity contribution < 1.29 is 4.42 Å². The Hall–Kier alpha value is -3.52. The van der Waals surface area contributed by atoms with E-state index in [1.165, 1.54) is 21.9 Å². The molecule has 30 heavy (non-hydrogen) atoms. The van der Waals surface area contributed by atoms with Crippen molar-refractivity contribution in [3.63, 3.8) is 0 Å². The molecule has 0 saturated heterocycles. The molecule has 0 amide bonds. The molecule has 6 aromatic rings. The molecule has 0 fully saturated rings. The Balaban J connectivity index is 1.77. The van der Waals surface area contributed by atoms with Crippen molar-refractivity contribution >= 4 is 43.7 Å². The fourth-order valence-corrected chi connectivity index (χ4v) is 4.61. The van der Waals surface area contributed by atoms with Gasteiger partial charge in [-0.15, -0.1) is 0 Å². The molecule has 0 aliphatic rings. The van der Waals surface area contributed by atoms with Crippen LogP contribution < -0.4 is 0 Å². The first kappa shape index (κ1) is 17.3. The van der Waals surface area contributed by atoms with Gasteiger partial charge in [-0.2, -0.15) is 0 Å². The average molecular weight is 389 g/mol. The van der Waals surface area contributed by atoms with Crippen LogP contribution in [0.3, 0.4) is 0 Å². The second-order valence-electron chi connectivity index (χ2n) is 9.09. The molecular weight excluding hydrogens is 366 g/mol. The van der Waals surface area contributed by atoms with Crippen LogP contribution in [-0.4, -0.2) is 4.57 Å². The fourth-order valence-electron chi connectivity index (χ4n) is 4.61. The van der Waals surface area contributed by atoms with E-state index < -0.39 is 0 Å². The summed E-state index contributed by atoms with van der Waals surface area (Å²) in [4.78, 5) is 0. The first-order chi connectivity index (χ1) is 14.5. The first-order valence-corrected chi connectivity index (χ1v) is 10.5. The van der Waals surface area contributed by atoms with Crippen LogP contribution in [0.25, 0.3) is 49.4 Å². The highest BCUT2D eigenvalue weighted by Gasteiger charge is 2.19. The van der Waals surface area contributed by atoms with Crippen molar-refractivity contribution in [3.05, 3.63) is 90.5 Å². The summed E-state index contributed by atoms with van der Waals surface area (Å²) in [7, 11) is 0. The van der Waals surface area contributed by atoms with Gasteiger partial charge in [-0.05, 0) is 41.3 Å². The van der Waals surface area contributed by atoms with Gasteiger partial charge in [-0.25, -0.2) is 0 Å².